The average Bonchev–Trinajstić information content (AvgIpc) is 3.28. The van der Waals surface area contributed by atoms with Crippen LogP contribution < -0.4 is 10.6 Å². The van der Waals surface area contributed by atoms with Crippen LogP contribution in [0.25, 0.3) is 23.1 Å². The van der Waals surface area contributed by atoms with E-state index in [1.54, 1.807) is 24.3 Å². The smallest absolute Gasteiger partial charge is 0.279 e. The number of hydrogen-bond donors (Lipinski definition) is 3. The molecular formula is C19H14F2N4O2S. The second kappa shape index (κ2) is 7.43. The number of aromatic nitrogens is 2. The lowest BCUT2D eigenvalue weighted by molar-refractivity contribution is -0.117. The van der Waals surface area contributed by atoms with Gasteiger partial charge in [-0.25, -0.2) is 8.78 Å². The highest BCUT2D eigenvalue weighted by Gasteiger charge is 2.28. The minimum absolute atomic E-state index is 0.00137. The van der Waals surface area contributed by atoms with Crippen molar-refractivity contribution in [1.29, 1.82) is 0 Å². The first-order chi connectivity index (χ1) is 13.5. The van der Waals surface area contributed by atoms with E-state index in [0.29, 0.717) is 22.3 Å². The molecule has 9 heteroatoms. The molecule has 1 saturated heterocycles. The molecule has 1 fully saturated rings. The third-order valence-corrected chi connectivity index (χ3v) is 5.11. The number of anilines is 1. The van der Waals surface area contributed by atoms with Gasteiger partial charge in [-0.2, -0.15) is 5.10 Å². The molecule has 1 aliphatic heterocycles. The van der Waals surface area contributed by atoms with Gasteiger partial charge in [0.2, 0.25) is 5.91 Å². The Labute approximate surface area is 162 Å². The number of benzene rings is 2. The summed E-state index contributed by atoms with van der Waals surface area (Å²) >= 11 is 1.01. The molecule has 0 saturated carbocycles. The molecule has 28 heavy (non-hydrogen) atoms. The number of carbonyl (C=O) groups is 2. The maximum Gasteiger partial charge on any atom is 0.279 e. The first-order valence-electron chi connectivity index (χ1n) is 8.35. The maximum absolute atomic E-state index is 14.3. The lowest BCUT2D eigenvalue weighted by atomic mass is 10.1. The summed E-state index contributed by atoms with van der Waals surface area (Å²) in [6.07, 6.45) is 3.46. The minimum atomic E-state index is -0.699. The quantitative estimate of drug-likeness (QED) is 0.622. The molecule has 2 heterocycles. The summed E-state index contributed by atoms with van der Waals surface area (Å²) in [5, 5.41) is 12.2. The highest BCUT2D eigenvalue weighted by Crippen LogP contribution is 2.26. The molecule has 2 aromatic carbocycles. The summed E-state index contributed by atoms with van der Waals surface area (Å²) in [6.45, 7) is 0. The number of nitrogens with zero attached hydrogens (tertiary/aromatic N) is 1. The molecule has 1 aromatic heterocycles. The minimum Gasteiger partial charge on any atom is -0.334 e. The molecular weight excluding hydrogens is 386 g/mol. The van der Waals surface area contributed by atoms with E-state index in [-0.39, 0.29) is 16.7 Å². The lowest BCUT2D eigenvalue weighted by Gasteiger charge is -2.11. The van der Waals surface area contributed by atoms with E-state index in [1.807, 2.05) is 0 Å². The summed E-state index contributed by atoms with van der Waals surface area (Å²) in [4.78, 5) is 23.5. The van der Waals surface area contributed by atoms with Gasteiger partial charge < -0.3 is 10.6 Å². The Morgan fingerprint density at radius 2 is 2.00 bits per heavy atom. The molecule has 2 amide bonds. The van der Waals surface area contributed by atoms with Crippen LogP contribution >= 0.6 is 11.8 Å². The van der Waals surface area contributed by atoms with E-state index in [4.69, 9.17) is 0 Å². The second-order valence-electron chi connectivity index (χ2n) is 6.16. The maximum atomic E-state index is 14.3. The van der Waals surface area contributed by atoms with Crippen LogP contribution in [0.5, 0.6) is 0 Å². The Balaban J connectivity index is 1.59. The molecule has 0 bridgehead atoms. The predicted octanol–water partition coefficient (Wildman–Crippen LogP) is 3.78. The molecule has 3 N–H and O–H groups in total. The normalized spacial score (nSPS) is 16.6. The van der Waals surface area contributed by atoms with Crippen LogP contribution in [0, 0.1) is 11.6 Å². The summed E-state index contributed by atoms with van der Waals surface area (Å²) in [5.74, 6) is -1.12. The van der Waals surface area contributed by atoms with Crippen molar-refractivity contribution in [2.24, 2.45) is 0 Å². The van der Waals surface area contributed by atoms with Crippen molar-refractivity contribution in [2.45, 2.75) is 6.04 Å². The third-order valence-electron chi connectivity index (χ3n) is 4.23. The van der Waals surface area contributed by atoms with E-state index >= 15 is 0 Å². The van der Waals surface area contributed by atoms with Crippen molar-refractivity contribution in [2.75, 3.05) is 11.1 Å². The zero-order valence-corrected chi connectivity index (χ0v) is 15.1. The van der Waals surface area contributed by atoms with Crippen molar-refractivity contribution >= 4 is 51.7 Å². The Bertz CT molecular complexity index is 1100. The summed E-state index contributed by atoms with van der Waals surface area (Å²) in [7, 11) is 0. The molecule has 6 nitrogen and oxygen atoms in total. The van der Waals surface area contributed by atoms with Crippen molar-refractivity contribution in [3.05, 3.63) is 59.3 Å². The molecule has 142 valence electrons. The fourth-order valence-electron chi connectivity index (χ4n) is 2.78. The largest absolute Gasteiger partial charge is 0.334 e. The first-order valence-corrected chi connectivity index (χ1v) is 9.33. The summed E-state index contributed by atoms with van der Waals surface area (Å²) in [6, 6.07) is 7.99. The molecule has 3 aromatic rings. The number of halogens is 2. The van der Waals surface area contributed by atoms with Gasteiger partial charge in [-0.05, 0) is 29.8 Å². The second-order valence-corrected chi connectivity index (χ2v) is 7.15. The van der Waals surface area contributed by atoms with E-state index in [9.17, 15) is 18.4 Å². The highest BCUT2D eigenvalue weighted by molar-refractivity contribution is 8.14. The van der Waals surface area contributed by atoms with Gasteiger partial charge in [0.15, 0.2) is 0 Å². The van der Waals surface area contributed by atoms with Gasteiger partial charge >= 0.3 is 0 Å². The number of carbonyl (C=O) groups excluding carboxylic acids is 2. The molecule has 0 spiro atoms. The first kappa shape index (κ1) is 18.2. The predicted molar refractivity (Wildman–Crippen MR) is 105 cm³/mol. The Hall–Kier alpha value is -3.20. The van der Waals surface area contributed by atoms with Gasteiger partial charge in [-0.1, -0.05) is 30.0 Å². The molecule has 0 unspecified atom stereocenters. The summed E-state index contributed by atoms with van der Waals surface area (Å²) in [5.41, 5.74) is 1.79. The van der Waals surface area contributed by atoms with Crippen molar-refractivity contribution in [3.8, 4) is 0 Å². The summed E-state index contributed by atoms with van der Waals surface area (Å²) < 4.78 is 27.3. The van der Waals surface area contributed by atoms with Crippen LogP contribution in [0.1, 0.15) is 11.3 Å². The zero-order valence-electron chi connectivity index (χ0n) is 14.3. The van der Waals surface area contributed by atoms with Crippen LogP contribution in [0.3, 0.4) is 0 Å². The highest BCUT2D eigenvalue weighted by atomic mass is 32.2. The zero-order chi connectivity index (χ0) is 19.7. The monoisotopic (exact) mass is 400 g/mol. The average molecular weight is 400 g/mol. The van der Waals surface area contributed by atoms with Gasteiger partial charge in [0.1, 0.15) is 17.7 Å². The van der Waals surface area contributed by atoms with Crippen molar-refractivity contribution in [3.63, 3.8) is 0 Å². The Morgan fingerprint density at radius 1 is 1.21 bits per heavy atom. The number of hydrogen-bond acceptors (Lipinski definition) is 4. The Kier molecular flexibility index (Phi) is 4.82. The molecule has 1 atom stereocenters. The van der Waals surface area contributed by atoms with Gasteiger partial charge in [-0.3, -0.25) is 14.7 Å². The SMILES string of the molecule is O=C1N[C@H](C(=O)Nc2cc3c(C=Cc4ccc(F)cc4)n[nH]c3cc2F)CS1. The van der Waals surface area contributed by atoms with Gasteiger partial charge in [0.05, 0.1) is 16.9 Å². The number of aromatic amines is 1. The number of rotatable bonds is 4. The molecule has 1 aliphatic rings. The van der Waals surface area contributed by atoms with Crippen LogP contribution in [0.4, 0.5) is 19.3 Å². The van der Waals surface area contributed by atoms with E-state index < -0.39 is 17.8 Å². The van der Waals surface area contributed by atoms with E-state index in [2.05, 4.69) is 20.8 Å². The topological polar surface area (TPSA) is 86.9 Å². The van der Waals surface area contributed by atoms with Gasteiger partial charge in [0.25, 0.3) is 5.24 Å². The van der Waals surface area contributed by atoms with Crippen molar-refractivity contribution < 1.29 is 18.4 Å². The fraction of sp³-hybridized carbons (Fsp3) is 0.105. The number of nitrogens with one attached hydrogen (secondary N) is 3. The molecule has 4 rings (SSSR count). The third kappa shape index (κ3) is 3.74. The van der Waals surface area contributed by atoms with Crippen molar-refractivity contribution in [1.82, 2.24) is 15.5 Å². The van der Waals surface area contributed by atoms with Gasteiger partial charge in [-0.15, -0.1) is 0 Å². The molecule has 0 aliphatic carbocycles. The lowest BCUT2D eigenvalue weighted by Crippen LogP contribution is -2.38. The van der Waals surface area contributed by atoms with Crippen LogP contribution in [-0.4, -0.2) is 33.1 Å². The number of thioether (sulfide) groups is 1. The van der Waals surface area contributed by atoms with Gasteiger partial charge in [0, 0.05) is 17.2 Å². The van der Waals surface area contributed by atoms with E-state index in [1.165, 1.54) is 24.3 Å². The number of amides is 2. The number of fused-ring (bicyclic) bond motifs is 1. The van der Waals surface area contributed by atoms with E-state index in [0.717, 1.165) is 17.3 Å². The fourth-order valence-corrected chi connectivity index (χ4v) is 3.55. The number of H-pyrrole nitrogens is 1. The van der Waals surface area contributed by atoms with Crippen LogP contribution in [0.15, 0.2) is 36.4 Å². The molecule has 0 radical (unpaired) electrons. The Morgan fingerprint density at radius 3 is 2.71 bits per heavy atom. The standard InChI is InChI=1S/C19H14F2N4O2S/c20-11-4-1-10(2-5-11)3-6-14-12-7-16(13(21)8-15(12)25-24-14)22-18(26)17-9-28-19(27)23-17/h1-8,17H,9H2,(H,22,26)(H,23,27)(H,24,25)/t17-/m0/s1. The van der Waals surface area contributed by atoms with Crippen LogP contribution in [0.2, 0.25) is 0 Å². The van der Waals surface area contributed by atoms with Crippen LogP contribution in [-0.2, 0) is 4.79 Å².